The van der Waals surface area contributed by atoms with Crippen LogP contribution in [0.2, 0.25) is 0 Å². The number of carbonyl (C=O) groups excluding carboxylic acids is 1. The first-order valence-electron chi connectivity index (χ1n) is 7.22. The first-order chi connectivity index (χ1) is 11.0. The van der Waals surface area contributed by atoms with Crippen molar-refractivity contribution in [3.05, 3.63) is 52.0 Å². The Morgan fingerprint density at radius 3 is 2.35 bits per heavy atom. The molecule has 5 heteroatoms. The Morgan fingerprint density at radius 1 is 1.04 bits per heavy atom. The molecule has 0 fully saturated rings. The van der Waals surface area contributed by atoms with E-state index in [1.807, 2.05) is 37.3 Å². The third kappa shape index (κ3) is 4.48. The molecule has 0 aliphatic heterocycles. The van der Waals surface area contributed by atoms with Crippen molar-refractivity contribution < 1.29 is 19.0 Å². The first-order valence-corrected chi connectivity index (χ1v) is 8.01. The molecule has 0 radical (unpaired) electrons. The molecule has 0 unspecified atom stereocenters. The van der Waals surface area contributed by atoms with Crippen LogP contribution in [0, 0.1) is 6.92 Å². The molecule has 122 valence electrons. The fourth-order valence-corrected chi connectivity index (χ4v) is 2.69. The van der Waals surface area contributed by atoms with Gasteiger partial charge in [-0.05, 0) is 42.7 Å². The molecule has 4 nitrogen and oxygen atoms in total. The minimum absolute atomic E-state index is 0.263. The van der Waals surface area contributed by atoms with Crippen LogP contribution in [-0.2, 0) is 11.2 Å². The Hall–Kier alpha value is -2.01. The molecule has 0 spiro atoms. The van der Waals surface area contributed by atoms with Gasteiger partial charge in [0.15, 0.2) is 11.5 Å². The number of hydrogen-bond acceptors (Lipinski definition) is 4. The molecule has 0 aliphatic carbocycles. The molecule has 2 rings (SSSR count). The second-order valence-corrected chi connectivity index (χ2v) is 5.89. The van der Waals surface area contributed by atoms with Crippen molar-refractivity contribution in [2.75, 3.05) is 14.2 Å². The van der Waals surface area contributed by atoms with Gasteiger partial charge in [-0.15, -0.1) is 0 Å². The van der Waals surface area contributed by atoms with Crippen LogP contribution in [0.25, 0.3) is 0 Å². The number of methoxy groups -OCH3 is 2. The van der Waals surface area contributed by atoms with Gasteiger partial charge in [0, 0.05) is 4.47 Å². The molecule has 0 saturated carbocycles. The van der Waals surface area contributed by atoms with E-state index < -0.39 is 0 Å². The van der Waals surface area contributed by atoms with Crippen LogP contribution in [0.15, 0.2) is 40.9 Å². The average molecular weight is 379 g/mol. The molecule has 0 heterocycles. The van der Waals surface area contributed by atoms with Gasteiger partial charge in [-0.1, -0.05) is 34.1 Å². The van der Waals surface area contributed by atoms with Gasteiger partial charge in [-0.3, -0.25) is 4.79 Å². The summed E-state index contributed by atoms with van der Waals surface area (Å²) in [4.78, 5) is 12.0. The van der Waals surface area contributed by atoms with Gasteiger partial charge in [0.05, 0.1) is 20.6 Å². The predicted molar refractivity (Wildman–Crippen MR) is 92.4 cm³/mol. The first kappa shape index (κ1) is 17.3. The topological polar surface area (TPSA) is 44.8 Å². The Balaban J connectivity index is 2.03. The number of carbonyl (C=O) groups is 1. The van der Waals surface area contributed by atoms with Gasteiger partial charge < -0.3 is 14.2 Å². The zero-order valence-electron chi connectivity index (χ0n) is 13.4. The Bertz CT molecular complexity index is 697. The van der Waals surface area contributed by atoms with Gasteiger partial charge in [0.2, 0.25) is 0 Å². The SMILES string of the molecule is COc1cc(Br)c(CCC(=O)Oc2ccccc2C)cc1OC. The normalized spacial score (nSPS) is 10.3. The standard InChI is InChI=1S/C18H19BrO4/c1-12-6-4-5-7-15(12)23-18(20)9-8-13-10-16(21-2)17(22-3)11-14(13)19/h4-7,10-11H,8-9H2,1-3H3. The Kier molecular flexibility index (Phi) is 6.04. The smallest absolute Gasteiger partial charge is 0.311 e. The van der Waals surface area contributed by atoms with E-state index in [2.05, 4.69) is 15.9 Å². The summed E-state index contributed by atoms with van der Waals surface area (Å²) >= 11 is 3.49. The predicted octanol–water partition coefficient (Wildman–Crippen LogP) is 4.31. The van der Waals surface area contributed by atoms with Crippen molar-refractivity contribution in [1.29, 1.82) is 0 Å². The molecule has 23 heavy (non-hydrogen) atoms. The summed E-state index contributed by atoms with van der Waals surface area (Å²) in [7, 11) is 3.17. The lowest BCUT2D eigenvalue weighted by Gasteiger charge is -2.12. The minimum Gasteiger partial charge on any atom is -0.493 e. The molecular formula is C18H19BrO4. The lowest BCUT2D eigenvalue weighted by molar-refractivity contribution is -0.134. The maximum Gasteiger partial charge on any atom is 0.311 e. The fraction of sp³-hybridized carbons (Fsp3) is 0.278. The van der Waals surface area contributed by atoms with E-state index in [1.165, 1.54) is 0 Å². The van der Waals surface area contributed by atoms with Crippen LogP contribution in [-0.4, -0.2) is 20.2 Å². The van der Waals surface area contributed by atoms with Crippen molar-refractivity contribution in [1.82, 2.24) is 0 Å². The summed E-state index contributed by atoms with van der Waals surface area (Å²) in [5.41, 5.74) is 1.90. The van der Waals surface area contributed by atoms with Crippen molar-refractivity contribution in [2.45, 2.75) is 19.8 Å². The molecule has 0 saturated heterocycles. The van der Waals surface area contributed by atoms with E-state index in [0.717, 1.165) is 15.6 Å². The molecule has 2 aromatic rings. The van der Waals surface area contributed by atoms with Crippen molar-refractivity contribution in [3.63, 3.8) is 0 Å². The van der Waals surface area contributed by atoms with E-state index in [-0.39, 0.29) is 12.4 Å². The molecular weight excluding hydrogens is 360 g/mol. The van der Waals surface area contributed by atoms with Crippen LogP contribution in [0.4, 0.5) is 0 Å². The number of para-hydroxylation sites is 1. The summed E-state index contributed by atoms with van der Waals surface area (Å²) in [6, 6.07) is 11.2. The van der Waals surface area contributed by atoms with Gasteiger partial charge in [-0.25, -0.2) is 0 Å². The summed E-state index contributed by atoms with van der Waals surface area (Å²) < 4.78 is 16.8. The lowest BCUT2D eigenvalue weighted by Crippen LogP contribution is -2.10. The maximum absolute atomic E-state index is 12.0. The molecule has 0 N–H and O–H groups in total. The van der Waals surface area contributed by atoms with Crippen LogP contribution >= 0.6 is 15.9 Å². The lowest BCUT2D eigenvalue weighted by atomic mass is 10.1. The molecule has 0 amide bonds. The zero-order valence-corrected chi connectivity index (χ0v) is 15.0. The Morgan fingerprint density at radius 2 is 1.70 bits per heavy atom. The largest absolute Gasteiger partial charge is 0.493 e. The van der Waals surface area contributed by atoms with Gasteiger partial charge in [0.1, 0.15) is 5.75 Å². The van der Waals surface area contributed by atoms with Gasteiger partial charge in [0.25, 0.3) is 0 Å². The molecule has 0 bridgehead atoms. The number of halogens is 1. The second-order valence-electron chi connectivity index (χ2n) is 5.04. The number of benzene rings is 2. The highest BCUT2D eigenvalue weighted by Crippen LogP contribution is 2.33. The van der Waals surface area contributed by atoms with E-state index in [0.29, 0.717) is 23.7 Å². The third-order valence-electron chi connectivity index (χ3n) is 3.47. The highest BCUT2D eigenvalue weighted by Gasteiger charge is 2.12. The number of esters is 1. The van der Waals surface area contributed by atoms with Crippen molar-refractivity contribution in [3.8, 4) is 17.2 Å². The van der Waals surface area contributed by atoms with Crippen LogP contribution in [0.5, 0.6) is 17.2 Å². The Labute approximate surface area is 144 Å². The number of ether oxygens (including phenoxy) is 3. The van der Waals surface area contributed by atoms with E-state index in [1.54, 1.807) is 20.3 Å². The van der Waals surface area contributed by atoms with Crippen molar-refractivity contribution >= 4 is 21.9 Å². The van der Waals surface area contributed by atoms with E-state index in [4.69, 9.17) is 14.2 Å². The number of aryl methyl sites for hydroxylation is 2. The summed E-state index contributed by atoms with van der Waals surface area (Å²) in [6.45, 7) is 1.91. The summed E-state index contributed by atoms with van der Waals surface area (Å²) in [6.07, 6.45) is 0.827. The van der Waals surface area contributed by atoms with Gasteiger partial charge in [-0.2, -0.15) is 0 Å². The van der Waals surface area contributed by atoms with Crippen LogP contribution in [0.1, 0.15) is 17.5 Å². The summed E-state index contributed by atoms with van der Waals surface area (Å²) in [5, 5.41) is 0. The summed E-state index contributed by atoms with van der Waals surface area (Å²) in [5.74, 6) is 1.62. The second kappa shape index (κ2) is 8.02. The molecule has 0 aliphatic rings. The molecule has 2 aromatic carbocycles. The van der Waals surface area contributed by atoms with Crippen LogP contribution in [0.3, 0.4) is 0 Å². The third-order valence-corrected chi connectivity index (χ3v) is 4.21. The maximum atomic E-state index is 12.0. The van der Waals surface area contributed by atoms with E-state index in [9.17, 15) is 4.79 Å². The fourth-order valence-electron chi connectivity index (χ4n) is 2.17. The van der Waals surface area contributed by atoms with E-state index >= 15 is 0 Å². The molecule has 0 atom stereocenters. The monoisotopic (exact) mass is 378 g/mol. The molecule has 0 aromatic heterocycles. The number of rotatable bonds is 6. The minimum atomic E-state index is -0.263. The van der Waals surface area contributed by atoms with Crippen molar-refractivity contribution in [2.24, 2.45) is 0 Å². The van der Waals surface area contributed by atoms with Gasteiger partial charge >= 0.3 is 5.97 Å². The van der Waals surface area contributed by atoms with Crippen LogP contribution < -0.4 is 14.2 Å². The quantitative estimate of drug-likeness (QED) is 0.554. The number of hydrogen-bond donors (Lipinski definition) is 0. The highest BCUT2D eigenvalue weighted by molar-refractivity contribution is 9.10. The average Bonchev–Trinajstić information content (AvgIpc) is 2.55. The highest BCUT2D eigenvalue weighted by atomic mass is 79.9. The zero-order chi connectivity index (χ0) is 16.8.